The van der Waals surface area contributed by atoms with E-state index >= 15 is 0 Å². The smallest absolute Gasteiger partial charge is 0.253 e. The molecular formula is C16H20ClN3O. The zero-order valence-corrected chi connectivity index (χ0v) is 12.7. The minimum Gasteiger partial charge on any atom is -0.338 e. The maximum absolute atomic E-state index is 12.5. The summed E-state index contributed by atoms with van der Waals surface area (Å²) < 4.78 is 0. The molecule has 1 saturated heterocycles. The number of nitrogens with zero attached hydrogens (tertiary/aromatic N) is 2. The van der Waals surface area contributed by atoms with Crippen LogP contribution in [0.25, 0.3) is 0 Å². The molecule has 1 aliphatic carbocycles. The zero-order valence-electron chi connectivity index (χ0n) is 11.9. The highest BCUT2D eigenvalue weighted by molar-refractivity contribution is 5.94. The summed E-state index contributed by atoms with van der Waals surface area (Å²) in [6, 6.07) is 9.18. The Hall–Kier alpha value is -1.57. The second-order valence-corrected chi connectivity index (χ2v) is 5.92. The van der Waals surface area contributed by atoms with E-state index in [0.29, 0.717) is 23.0 Å². The van der Waals surface area contributed by atoms with Crippen molar-refractivity contribution in [1.82, 2.24) is 4.90 Å². The van der Waals surface area contributed by atoms with E-state index in [1.165, 1.54) is 12.8 Å². The number of benzene rings is 1. The second kappa shape index (κ2) is 6.46. The van der Waals surface area contributed by atoms with Crippen LogP contribution in [0.3, 0.4) is 0 Å². The van der Waals surface area contributed by atoms with Gasteiger partial charge in [-0.3, -0.25) is 4.79 Å². The summed E-state index contributed by atoms with van der Waals surface area (Å²) >= 11 is 0. The van der Waals surface area contributed by atoms with Crippen molar-refractivity contribution in [2.45, 2.75) is 25.3 Å². The van der Waals surface area contributed by atoms with Crippen LogP contribution in [0.15, 0.2) is 24.3 Å². The molecule has 1 aliphatic heterocycles. The molecule has 0 radical (unpaired) electrons. The summed E-state index contributed by atoms with van der Waals surface area (Å²) in [5, 5.41) is 8.79. The Balaban J connectivity index is 0.00000161. The lowest BCUT2D eigenvalue weighted by Gasteiger charge is -2.29. The summed E-state index contributed by atoms with van der Waals surface area (Å²) in [5.74, 6) is 1.10. The number of nitrogens with two attached hydrogens (primary N) is 1. The van der Waals surface area contributed by atoms with E-state index in [1.54, 1.807) is 24.3 Å². The van der Waals surface area contributed by atoms with Crippen molar-refractivity contribution in [3.8, 4) is 6.07 Å². The van der Waals surface area contributed by atoms with Crippen LogP contribution < -0.4 is 5.73 Å². The lowest BCUT2D eigenvalue weighted by molar-refractivity contribution is 0.0783. The maximum atomic E-state index is 12.5. The van der Waals surface area contributed by atoms with Crippen LogP contribution >= 0.6 is 12.4 Å². The molecule has 1 heterocycles. The fourth-order valence-electron chi connectivity index (χ4n) is 3.55. The molecule has 0 bridgehead atoms. The van der Waals surface area contributed by atoms with Crippen molar-refractivity contribution in [3.05, 3.63) is 35.4 Å². The number of hydrogen-bond acceptors (Lipinski definition) is 3. The van der Waals surface area contributed by atoms with Gasteiger partial charge in [-0.15, -0.1) is 12.4 Å². The van der Waals surface area contributed by atoms with Gasteiger partial charge in [0.2, 0.25) is 0 Å². The maximum Gasteiger partial charge on any atom is 0.253 e. The number of fused-ring (bicyclic) bond motifs is 1. The first-order valence-corrected chi connectivity index (χ1v) is 7.24. The number of carbonyl (C=O) groups excluding carboxylic acids is 1. The summed E-state index contributed by atoms with van der Waals surface area (Å²) in [6.45, 7) is 1.61. The van der Waals surface area contributed by atoms with E-state index in [9.17, 15) is 4.79 Å². The Morgan fingerprint density at radius 2 is 1.95 bits per heavy atom. The Kier molecular flexibility index (Phi) is 4.87. The predicted molar refractivity (Wildman–Crippen MR) is 83.1 cm³/mol. The minimum atomic E-state index is 0. The molecule has 3 rings (SSSR count). The van der Waals surface area contributed by atoms with Gasteiger partial charge in [0.25, 0.3) is 5.91 Å². The molecule has 1 aromatic rings. The van der Waals surface area contributed by atoms with Gasteiger partial charge < -0.3 is 10.6 Å². The Morgan fingerprint density at radius 1 is 1.24 bits per heavy atom. The fraction of sp³-hybridized carbons (Fsp3) is 0.500. The lowest BCUT2D eigenvalue weighted by Crippen LogP contribution is -2.38. The molecule has 21 heavy (non-hydrogen) atoms. The first-order chi connectivity index (χ1) is 9.69. The van der Waals surface area contributed by atoms with E-state index in [0.717, 1.165) is 19.5 Å². The molecule has 3 atom stereocenters. The fourth-order valence-corrected chi connectivity index (χ4v) is 3.55. The van der Waals surface area contributed by atoms with E-state index < -0.39 is 0 Å². The van der Waals surface area contributed by atoms with E-state index in [1.807, 2.05) is 4.90 Å². The first kappa shape index (κ1) is 15.8. The molecule has 0 spiro atoms. The highest BCUT2D eigenvalue weighted by Crippen LogP contribution is 2.36. The van der Waals surface area contributed by atoms with Gasteiger partial charge in [-0.05, 0) is 48.9 Å². The third-order valence-corrected chi connectivity index (χ3v) is 4.70. The molecule has 3 unspecified atom stereocenters. The lowest BCUT2D eigenvalue weighted by atomic mass is 9.78. The monoisotopic (exact) mass is 305 g/mol. The van der Waals surface area contributed by atoms with Crippen molar-refractivity contribution < 1.29 is 4.79 Å². The Labute approximate surface area is 131 Å². The number of likely N-dealkylation sites (tertiary alicyclic amines) is 1. The molecule has 1 saturated carbocycles. The normalized spacial score (nSPS) is 27.4. The van der Waals surface area contributed by atoms with Gasteiger partial charge in [0, 0.05) is 24.7 Å². The van der Waals surface area contributed by atoms with Crippen LogP contribution in [-0.4, -0.2) is 29.9 Å². The summed E-state index contributed by atoms with van der Waals surface area (Å²) in [4.78, 5) is 14.4. The van der Waals surface area contributed by atoms with Crippen LogP contribution in [0.2, 0.25) is 0 Å². The number of hydrogen-bond donors (Lipinski definition) is 1. The molecule has 4 nitrogen and oxygen atoms in total. The number of rotatable bonds is 1. The van der Waals surface area contributed by atoms with Crippen molar-refractivity contribution in [3.63, 3.8) is 0 Å². The van der Waals surface area contributed by atoms with Gasteiger partial charge in [-0.2, -0.15) is 5.26 Å². The Bertz CT molecular complexity index is 552. The molecule has 5 heteroatoms. The standard InChI is InChI=1S/C16H19N3O.ClH/c17-8-11-4-6-12(7-5-11)16(20)19-9-13-2-1-3-15(18)14(13)10-19;/h4-7,13-15H,1-3,9-10,18H2;1H. The first-order valence-electron chi connectivity index (χ1n) is 7.24. The zero-order chi connectivity index (χ0) is 14.1. The van der Waals surface area contributed by atoms with Gasteiger partial charge >= 0.3 is 0 Å². The molecule has 1 amide bonds. The van der Waals surface area contributed by atoms with Crippen molar-refractivity contribution >= 4 is 18.3 Å². The average molecular weight is 306 g/mol. The molecular weight excluding hydrogens is 286 g/mol. The Morgan fingerprint density at radius 3 is 2.57 bits per heavy atom. The topological polar surface area (TPSA) is 70.1 Å². The van der Waals surface area contributed by atoms with Gasteiger partial charge in [-0.25, -0.2) is 0 Å². The average Bonchev–Trinajstić information content (AvgIpc) is 2.92. The van der Waals surface area contributed by atoms with E-state index in [2.05, 4.69) is 6.07 Å². The highest BCUT2D eigenvalue weighted by atomic mass is 35.5. The molecule has 2 fully saturated rings. The molecule has 112 valence electrons. The third kappa shape index (κ3) is 3.04. The van der Waals surface area contributed by atoms with Crippen LogP contribution in [0.5, 0.6) is 0 Å². The second-order valence-electron chi connectivity index (χ2n) is 5.92. The number of nitriles is 1. The summed E-state index contributed by atoms with van der Waals surface area (Å²) in [7, 11) is 0. The molecule has 2 N–H and O–H groups in total. The van der Waals surface area contributed by atoms with E-state index in [-0.39, 0.29) is 24.4 Å². The van der Waals surface area contributed by atoms with Crippen LogP contribution in [0.4, 0.5) is 0 Å². The van der Waals surface area contributed by atoms with Crippen LogP contribution in [0, 0.1) is 23.2 Å². The van der Waals surface area contributed by atoms with Crippen molar-refractivity contribution in [2.75, 3.05) is 13.1 Å². The summed E-state index contributed by atoms with van der Waals surface area (Å²) in [5.41, 5.74) is 7.43. The molecule has 0 aromatic heterocycles. The largest absolute Gasteiger partial charge is 0.338 e. The predicted octanol–water partition coefficient (Wildman–Crippen LogP) is 2.18. The van der Waals surface area contributed by atoms with Gasteiger partial charge in [0.05, 0.1) is 11.6 Å². The van der Waals surface area contributed by atoms with Gasteiger partial charge in [0.15, 0.2) is 0 Å². The number of carbonyl (C=O) groups is 1. The van der Waals surface area contributed by atoms with Crippen LogP contribution in [-0.2, 0) is 0 Å². The van der Waals surface area contributed by atoms with Crippen molar-refractivity contribution in [1.29, 1.82) is 5.26 Å². The summed E-state index contributed by atoms with van der Waals surface area (Å²) in [6.07, 6.45) is 3.46. The minimum absolute atomic E-state index is 0. The SMILES string of the molecule is Cl.N#Cc1ccc(C(=O)N2CC3CCCC(N)C3C2)cc1. The quantitative estimate of drug-likeness (QED) is 0.864. The number of amides is 1. The van der Waals surface area contributed by atoms with Crippen LogP contribution in [0.1, 0.15) is 35.2 Å². The van der Waals surface area contributed by atoms with Gasteiger partial charge in [-0.1, -0.05) is 6.42 Å². The highest BCUT2D eigenvalue weighted by Gasteiger charge is 2.40. The third-order valence-electron chi connectivity index (χ3n) is 4.70. The van der Waals surface area contributed by atoms with E-state index in [4.69, 9.17) is 11.0 Å². The van der Waals surface area contributed by atoms with Gasteiger partial charge in [0.1, 0.15) is 0 Å². The molecule has 2 aliphatic rings. The molecule has 1 aromatic carbocycles. The van der Waals surface area contributed by atoms with Crippen molar-refractivity contribution in [2.24, 2.45) is 17.6 Å². The number of halogens is 1.